The maximum Gasteiger partial charge on any atom is 0.436 e. The molecule has 1 aromatic rings. The summed E-state index contributed by atoms with van der Waals surface area (Å²) >= 11 is 0. The largest absolute Gasteiger partial charge is 0.477 e. The van der Waals surface area contributed by atoms with E-state index in [1.807, 2.05) is 0 Å². The minimum Gasteiger partial charge on any atom is -0.477 e. The van der Waals surface area contributed by atoms with Gasteiger partial charge < -0.3 is 9.84 Å². The molecule has 0 aromatic carbocycles. The van der Waals surface area contributed by atoms with Crippen molar-refractivity contribution in [3.05, 3.63) is 11.3 Å². The van der Waals surface area contributed by atoms with E-state index in [4.69, 9.17) is 5.11 Å². The molecule has 0 radical (unpaired) electrons. The molecular weight excluding hydrogens is 255 g/mol. The van der Waals surface area contributed by atoms with Crippen molar-refractivity contribution in [1.29, 1.82) is 0 Å². The Labute approximate surface area is 90.4 Å². The van der Waals surface area contributed by atoms with Crippen LogP contribution in [-0.4, -0.2) is 27.5 Å². The number of rotatable bonds is 3. The Morgan fingerprint density at radius 1 is 1.47 bits per heavy atom. The van der Waals surface area contributed by atoms with Gasteiger partial charge in [-0.1, -0.05) is 0 Å². The summed E-state index contributed by atoms with van der Waals surface area (Å²) in [7, 11) is 0.861. The molecule has 1 aromatic heterocycles. The van der Waals surface area contributed by atoms with Gasteiger partial charge in [-0.3, -0.25) is 0 Å². The number of carbonyl (C=O) groups is 1. The van der Waals surface area contributed by atoms with Crippen LogP contribution in [0.15, 0.2) is 0 Å². The second-order valence-electron chi connectivity index (χ2n) is 2.83. The fourth-order valence-corrected chi connectivity index (χ4v) is 1.12. The molecule has 0 aliphatic carbocycles. The van der Waals surface area contributed by atoms with Crippen LogP contribution in [0.1, 0.15) is 16.1 Å². The number of carboxylic acids is 1. The second kappa shape index (κ2) is 4.18. The maximum atomic E-state index is 12.4. The predicted octanol–water partition coefficient (Wildman–Crippen LogP) is 1.74. The summed E-state index contributed by atoms with van der Waals surface area (Å²) in [4.78, 5) is 10.6. The van der Waals surface area contributed by atoms with Gasteiger partial charge in [0.25, 0.3) is 0 Å². The standard InChI is InChI=1S/C7H5F5N2O3/c1-14-4(17-6(8)9)2(5(15)16)3(13-14)7(10,11)12/h6H,1H3,(H,15,16). The van der Waals surface area contributed by atoms with Crippen molar-refractivity contribution in [2.24, 2.45) is 7.05 Å². The van der Waals surface area contributed by atoms with Crippen LogP contribution in [0.4, 0.5) is 22.0 Å². The van der Waals surface area contributed by atoms with Crippen LogP contribution in [0.25, 0.3) is 0 Å². The van der Waals surface area contributed by atoms with Gasteiger partial charge in [-0.15, -0.1) is 0 Å². The minimum absolute atomic E-state index is 0.290. The normalized spacial score (nSPS) is 11.9. The lowest BCUT2D eigenvalue weighted by molar-refractivity contribution is -0.142. The zero-order chi connectivity index (χ0) is 13.4. The van der Waals surface area contributed by atoms with Gasteiger partial charge in [0, 0.05) is 7.05 Å². The van der Waals surface area contributed by atoms with Gasteiger partial charge >= 0.3 is 18.8 Å². The number of halogens is 5. The van der Waals surface area contributed by atoms with Crippen LogP contribution in [0.2, 0.25) is 0 Å². The lowest BCUT2D eigenvalue weighted by atomic mass is 10.2. The van der Waals surface area contributed by atoms with Gasteiger partial charge in [0.2, 0.25) is 5.88 Å². The SMILES string of the molecule is Cn1nc(C(F)(F)F)c(C(=O)O)c1OC(F)F. The van der Waals surface area contributed by atoms with Crippen molar-refractivity contribution in [3.8, 4) is 5.88 Å². The number of aryl methyl sites for hydroxylation is 1. The average molecular weight is 260 g/mol. The molecule has 0 amide bonds. The highest BCUT2D eigenvalue weighted by atomic mass is 19.4. The molecule has 0 aliphatic rings. The fraction of sp³-hybridized carbons (Fsp3) is 0.429. The van der Waals surface area contributed by atoms with E-state index in [1.165, 1.54) is 0 Å². The van der Waals surface area contributed by atoms with E-state index >= 15 is 0 Å². The van der Waals surface area contributed by atoms with E-state index in [1.54, 1.807) is 0 Å². The number of ether oxygens (including phenoxy) is 1. The Kier molecular flexibility index (Phi) is 3.25. The Bertz CT molecular complexity index is 439. The summed E-state index contributed by atoms with van der Waals surface area (Å²) in [6.07, 6.45) is -5.07. The Hall–Kier alpha value is -1.87. The summed E-state index contributed by atoms with van der Waals surface area (Å²) in [5.74, 6) is -3.21. The molecule has 0 atom stereocenters. The lowest BCUT2D eigenvalue weighted by Gasteiger charge is -2.05. The summed E-state index contributed by atoms with van der Waals surface area (Å²) in [5, 5.41) is 11.4. The second-order valence-corrected chi connectivity index (χ2v) is 2.83. The summed E-state index contributed by atoms with van der Waals surface area (Å²) in [6, 6.07) is 0. The molecule has 1 N–H and O–H groups in total. The number of aromatic carboxylic acids is 1. The highest BCUT2D eigenvalue weighted by Crippen LogP contribution is 2.35. The minimum atomic E-state index is -5.07. The zero-order valence-electron chi connectivity index (χ0n) is 8.13. The molecule has 0 bridgehead atoms. The Morgan fingerprint density at radius 3 is 2.35 bits per heavy atom. The molecule has 0 fully saturated rings. The van der Waals surface area contributed by atoms with Crippen LogP contribution >= 0.6 is 0 Å². The molecule has 0 saturated carbocycles. The summed E-state index contributed by atoms with van der Waals surface area (Å²) in [6.45, 7) is -3.45. The molecule has 0 saturated heterocycles. The third-order valence-electron chi connectivity index (χ3n) is 1.68. The average Bonchev–Trinajstić information content (AvgIpc) is 2.42. The monoisotopic (exact) mass is 260 g/mol. The molecule has 17 heavy (non-hydrogen) atoms. The predicted molar refractivity (Wildman–Crippen MR) is 41.8 cm³/mol. The molecule has 1 heterocycles. The Balaban J connectivity index is 3.40. The van der Waals surface area contributed by atoms with Crippen LogP contribution in [0.3, 0.4) is 0 Å². The number of hydrogen-bond donors (Lipinski definition) is 1. The molecule has 0 spiro atoms. The fourth-order valence-electron chi connectivity index (χ4n) is 1.12. The summed E-state index contributed by atoms with van der Waals surface area (Å²) < 4.78 is 64.9. The first-order valence-corrected chi connectivity index (χ1v) is 3.97. The van der Waals surface area contributed by atoms with E-state index in [2.05, 4.69) is 9.84 Å². The van der Waals surface area contributed by atoms with Crippen LogP contribution in [0.5, 0.6) is 5.88 Å². The van der Waals surface area contributed by atoms with Crippen molar-refractivity contribution in [1.82, 2.24) is 9.78 Å². The van der Waals surface area contributed by atoms with E-state index in [-0.39, 0.29) is 0 Å². The number of aromatic nitrogens is 2. The van der Waals surface area contributed by atoms with E-state index in [0.29, 0.717) is 4.68 Å². The van der Waals surface area contributed by atoms with E-state index in [9.17, 15) is 26.7 Å². The van der Waals surface area contributed by atoms with Crippen molar-refractivity contribution in [3.63, 3.8) is 0 Å². The maximum absolute atomic E-state index is 12.4. The van der Waals surface area contributed by atoms with Crippen molar-refractivity contribution in [2.45, 2.75) is 12.8 Å². The summed E-state index contributed by atoms with van der Waals surface area (Å²) in [5.41, 5.74) is -3.23. The number of nitrogens with zero attached hydrogens (tertiary/aromatic N) is 2. The number of carboxylic acid groups (broad SMARTS) is 1. The van der Waals surface area contributed by atoms with Gasteiger partial charge in [0.15, 0.2) is 11.3 Å². The number of hydrogen-bond acceptors (Lipinski definition) is 3. The van der Waals surface area contributed by atoms with Crippen molar-refractivity contribution < 1.29 is 36.6 Å². The molecule has 96 valence electrons. The van der Waals surface area contributed by atoms with Gasteiger partial charge in [-0.25, -0.2) is 9.48 Å². The van der Waals surface area contributed by atoms with Crippen molar-refractivity contribution in [2.75, 3.05) is 0 Å². The highest BCUT2D eigenvalue weighted by Gasteiger charge is 2.42. The number of alkyl halides is 5. The third-order valence-corrected chi connectivity index (χ3v) is 1.68. The zero-order valence-corrected chi connectivity index (χ0v) is 8.13. The van der Waals surface area contributed by atoms with Gasteiger partial charge in [-0.2, -0.15) is 27.1 Å². The first kappa shape index (κ1) is 13.2. The smallest absolute Gasteiger partial charge is 0.436 e. The molecule has 10 heteroatoms. The highest BCUT2D eigenvalue weighted by molar-refractivity contribution is 5.92. The van der Waals surface area contributed by atoms with Gasteiger partial charge in [0.05, 0.1) is 0 Å². The quantitative estimate of drug-likeness (QED) is 0.841. The van der Waals surface area contributed by atoms with Crippen molar-refractivity contribution >= 4 is 5.97 Å². The molecule has 0 unspecified atom stereocenters. The van der Waals surface area contributed by atoms with E-state index in [0.717, 1.165) is 7.05 Å². The van der Waals surface area contributed by atoms with Gasteiger partial charge in [0.1, 0.15) is 0 Å². The lowest BCUT2D eigenvalue weighted by Crippen LogP contribution is -2.13. The van der Waals surface area contributed by atoms with Gasteiger partial charge in [-0.05, 0) is 0 Å². The first-order valence-electron chi connectivity index (χ1n) is 3.97. The van der Waals surface area contributed by atoms with E-state index < -0.39 is 35.9 Å². The van der Waals surface area contributed by atoms with Crippen LogP contribution < -0.4 is 4.74 Å². The van der Waals surface area contributed by atoms with Crippen LogP contribution in [-0.2, 0) is 13.2 Å². The van der Waals surface area contributed by atoms with Crippen LogP contribution in [0, 0.1) is 0 Å². The third kappa shape index (κ3) is 2.63. The molecular formula is C7H5F5N2O3. The topological polar surface area (TPSA) is 64.4 Å². The molecule has 1 rings (SSSR count). The first-order chi connectivity index (χ1) is 7.64. The molecule has 5 nitrogen and oxygen atoms in total. The molecule has 0 aliphatic heterocycles. The Morgan fingerprint density at radius 2 is 2.00 bits per heavy atom.